The zero-order valence-corrected chi connectivity index (χ0v) is 17.7. The lowest BCUT2D eigenvalue weighted by Gasteiger charge is -2.35. The van der Waals surface area contributed by atoms with E-state index in [0.29, 0.717) is 0 Å². The number of halogens is 1. The van der Waals surface area contributed by atoms with E-state index in [0.717, 1.165) is 24.3 Å². The van der Waals surface area contributed by atoms with Gasteiger partial charge in [-0.3, -0.25) is 4.99 Å². The van der Waals surface area contributed by atoms with Crippen LogP contribution in [0.1, 0.15) is 53.9 Å². The van der Waals surface area contributed by atoms with Crippen molar-refractivity contribution in [3.63, 3.8) is 0 Å². The third-order valence-electron chi connectivity index (χ3n) is 3.86. The highest BCUT2D eigenvalue weighted by atomic mass is 127. The molecule has 132 valence electrons. The minimum atomic E-state index is 0. The molecule has 0 aliphatic carbocycles. The summed E-state index contributed by atoms with van der Waals surface area (Å²) in [6.45, 7) is 16.0. The molecule has 0 radical (unpaired) electrons. The Bertz CT molecular complexity index is 315. The van der Waals surface area contributed by atoms with Crippen molar-refractivity contribution in [2.24, 2.45) is 16.8 Å². The first-order valence-electron chi connectivity index (χ1n) is 8.51. The molecule has 1 saturated heterocycles. The highest BCUT2D eigenvalue weighted by Gasteiger charge is 2.20. The summed E-state index contributed by atoms with van der Waals surface area (Å²) < 4.78 is 0. The van der Waals surface area contributed by atoms with Crippen molar-refractivity contribution in [1.82, 2.24) is 15.5 Å². The molecule has 0 spiro atoms. The molecule has 0 saturated carbocycles. The van der Waals surface area contributed by atoms with E-state index < -0.39 is 0 Å². The molecule has 0 aromatic rings. The summed E-state index contributed by atoms with van der Waals surface area (Å²) in [4.78, 5) is 6.90. The SMILES string of the molecule is CN=C(NCCCCN1CC(C)CC(C)C1)NC(C)(C)C.I. The smallest absolute Gasteiger partial charge is 0.191 e. The lowest BCUT2D eigenvalue weighted by Crippen LogP contribution is -2.47. The van der Waals surface area contributed by atoms with Gasteiger partial charge in [-0.1, -0.05) is 13.8 Å². The average Bonchev–Trinajstić information content (AvgIpc) is 2.34. The first-order chi connectivity index (χ1) is 9.80. The summed E-state index contributed by atoms with van der Waals surface area (Å²) in [6, 6.07) is 0. The topological polar surface area (TPSA) is 39.7 Å². The van der Waals surface area contributed by atoms with Crippen LogP contribution in [0.15, 0.2) is 4.99 Å². The van der Waals surface area contributed by atoms with E-state index >= 15 is 0 Å². The van der Waals surface area contributed by atoms with Gasteiger partial charge in [0.2, 0.25) is 0 Å². The number of guanidine groups is 1. The summed E-state index contributed by atoms with van der Waals surface area (Å²) in [7, 11) is 1.83. The van der Waals surface area contributed by atoms with E-state index in [4.69, 9.17) is 0 Å². The average molecular weight is 424 g/mol. The van der Waals surface area contributed by atoms with Gasteiger partial charge in [0.05, 0.1) is 0 Å². The Morgan fingerprint density at radius 3 is 2.23 bits per heavy atom. The van der Waals surface area contributed by atoms with Crippen molar-refractivity contribution >= 4 is 29.9 Å². The Morgan fingerprint density at radius 2 is 1.73 bits per heavy atom. The Kier molecular flexibility index (Phi) is 10.7. The maximum atomic E-state index is 4.26. The summed E-state index contributed by atoms with van der Waals surface area (Å²) >= 11 is 0. The number of rotatable bonds is 5. The molecule has 0 aromatic carbocycles. The number of aliphatic imine (C=N–C) groups is 1. The minimum Gasteiger partial charge on any atom is -0.356 e. The molecule has 22 heavy (non-hydrogen) atoms. The maximum absolute atomic E-state index is 4.26. The summed E-state index contributed by atoms with van der Waals surface area (Å²) in [6.07, 6.45) is 3.86. The first-order valence-corrected chi connectivity index (χ1v) is 8.51. The van der Waals surface area contributed by atoms with Gasteiger partial charge in [0.1, 0.15) is 0 Å². The molecule has 0 aromatic heterocycles. The normalized spacial score (nSPS) is 23.8. The molecule has 0 bridgehead atoms. The maximum Gasteiger partial charge on any atom is 0.191 e. The van der Waals surface area contributed by atoms with Crippen LogP contribution in [-0.2, 0) is 0 Å². The van der Waals surface area contributed by atoms with Crippen LogP contribution in [0.2, 0.25) is 0 Å². The fraction of sp³-hybridized carbons (Fsp3) is 0.941. The number of unbranched alkanes of at least 4 members (excludes halogenated alkanes) is 1. The van der Waals surface area contributed by atoms with Crippen LogP contribution in [0.3, 0.4) is 0 Å². The third-order valence-corrected chi connectivity index (χ3v) is 3.86. The number of nitrogens with one attached hydrogen (secondary N) is 2. The Labute approximate surface area is 154 Å². The Hall–Kier alpha value is -0.0400. The quantitative estimate of drug-likeness (QED) is 0.308. The molecule has 0 amide bonds. The van der Waals surface area contributed by atoms with Crippen LogP contribution < -0.4 is 10.6 Å². The molecule has 5 heteroatoms. The second-order valence-electron chi connectivity index (χ2n) is 7.79. The third kappa shape index (κ3) is 9.87. The van der Waals surface area contributed by atoms with Crippen LogP contribution >= 0.6 is 24.0 Å². The van der Waals surface area contributed by atoms with Crippen molar-refractivity contribution in [3.05, 3.63) is 0 Å². The van der Waals surface area contributed by atoms with Crippen LogP contribution in [-0.4, -0.2) is 49.6 Å². The molecular weight excluding hydrogens is 387 g/mol. The summed E-state index contributed by atoms with van der Waals surface area (Å²) in [5.74, 6) is 2.63. The van der Waals surface area contributed by atoms with E-state index in [9.17, 15) is 0 Å². The minimum absolute atomic E-state index is 0. The molecule has 1 fully saturated rings. The lowest BCUT2D eigenvalue weighted by molar-refractivity contribution is 0.139. The van der Waals surface area contributed by atoms with Crippen LogP contribution in [0.5, 0.6) is 0 Å². The zero-order chi connectivity index (χ0) is 15.9. The van der Waals surface area contributed by atoms with Gasteiger partial charge in [-0.15, -0.1) is 24.0 Å². The van der Waals surface area contributed by atoms with E-state index in [2.05, 4.69) is 55.1 Å². The van der Waals surface area contributed by atoms with Gasteiger partial charge in [-0.05, 0) is 58.4 Å². The van der Waals surface area contributed by atoms with Gasteiger partial charge in [0.15, 0.2) is 5.96 Å². The van der Waals surface area contributed by atoms with Crippen molar-refractivity contribution in [2.45, 2.75) is 59.4 Å². The highest BCUT2D eigenvalue weighted by molar-refractivity contribution is 14.0. The molecule has 1 heterocycles. The van der Waals surface area contributed by atoms with E-state index in [1.165, 1.54) is 38.9 Å². The van der Waals surface area contributed by atoms with Gasteiger partial charge >= 0.3 is 0 Å². The van der Waals surface area contributed by atoms with Crippen molar-refractivity contribution in [3.8, 4) is 0 Å². The van der Waals surface area contributed by atoms with Crippen LogP contribution in [0.4, 0.5) is 0 Å². The predicted molar refractivity (Wildman–Crippen MR) is 108 cm³/mol. The number of hydrogen-bond donors (Lipinski definition) is 2. The van der Waals surface area contributed by atoms with E-state index in [1.54, 1.807) is 0 Å². The largest absolute Gasteiger partial charge is 0.356 e. The molecule has 1 aliphatic rings. The van der Waals surface area contributed by atoms with Crippen LogP contribution in [0, 0.1) is 11.8 Å². The lowest BCUT2D eigenvalue weighted by atomic mass is 9.92. The molecule has 2 unspecified atom stereocenters. The number of piperidine rings is 1. The monoisotopic (exact) mass is 424 g/mol. The fourth-order valence-corrected chi connectivity index (χ4v) is 3.18. The van der Waals surface area contributed by atoms with Crippen molar-refractivity contribution in [2.75, 3.05) is 33.2 Å². The van der Waals surface area contributed by atoms with Gasteiger partial charge in [0, 0.05) is 32.2 Å². The predicted octanol–water partition coefficient (Wildman–Crippen LogP) is 3.33. The Balaban J connectivity index is 0.00000441. The number of nitrogens with zero attached hydrogens (tertiary/aromatic N) is 2. The molecule has 1 aliphatic heterocycles. The second-order valence-corrected chi connectivity index (χ2v) is 7.79. The van der Waals surface area contributed by atoms with Gasteiger partial charge < -0.3 is 15.5 Å². The van der Waals surface area contributed by atoms with Crippen LogP contribution in [0.25, 0.3) is 0 Å². The molecule has 2 N–H and O–H groups in total. The molecule has 2 atom stereocenters. The molecular formula is C17H37IN4. The first kappa shape index (κ1) is 22.0. The van der Waals surface area contributed by atoms with E-state index in [1.807, 2.05) is 7.05 Å². The Morgan fingerprint density at radius 1 is 1.14 bits per heavy atom. The number of hydrogen-bond acceptors (Lipinski definition) is 2. The summed E-state index contributed by atoms with van der Waals surface area (Å²) in [5, 5.41) is 6.79. The highest BCUT2D eigenvalue weighted by Crippen LogP contribution is 2.20. The molecule has 1 rings (SSSR count). The van der Waals surface area contributed by atoms with Gasteiger partial charge in [0.25, 0.3) is 0 Å². The van der Waals surface area contributed by atoms with E-state index in [-0.39, 0.29) is 29.5 Å². The standard InChI is InChI=1S/C17H36N4.HI/c1-14-11-15(2)13-21(12-14)10-8-7-9-19-16(18-6)20-17(3,4)5;/h14-15H,7-13H2,1-6H3,(H2,18,19,20);1H. The second kappa shape index (κ2) is 10.7. The van der Waals surface area contributed by atoms with Crippen molar-refractivity contribution < 1.29 is 0 Å². The summed E-state index contributed by atoms with van der Waals surface area (Å²) in [5.41, 5.74) is 0.0575. The number of likely N-dealkylation sites (tertiary alicyclic amines) is 1. The fourth-order valence-electron chi connectivity index (χ4n) is 3.18. The molecule has 4 nitrogen and oxygen atoms in total. The van der Waals surface area contributed by atoms with Gasteiger partial charge in [-0.2, -0.15) is 0 Å². The zero-order valence-electron chi connectivity index (χ0n) is 15.4. The van der Waals surface area contributed by atoms with Gasteiger partial charge in [-0.25, -0.2) is 0 Å². The van der Waals surface area contributed by atoms with Crippen molar-refractivity contribution in [1.29, 1.82) is 0 Å².